The van der Waals surface area contributed by atoms with Gasteiger partial charge in [0.05, 0.1) is 10.9 Å². The molecule has 2 heterocycles. The monoisotopic (exact) mass is 396 g/mol. The van der Waals surface area contributed by atoms with E-state index in [4.69, 9.17) is 0 Å². The van der Waals surface area contributed by atoms with Gasteiger partial charge >= 0.3 is 5.69 Å². The number of nitrogens with zero attached hydrogens (tertiary/aromatic N) is 3. The first-order valence-corrected chi connectivity index (χ1v) is 9.54. The molecule has 1 N–H and O–H groups in total. The minimum Gasteiger partial charge on any atom is -0.368 e. The molecule has 0 unspecified atom stereocenters. The van der Waals surface area contributed by atoms with Crippen molar-refractivity contribution in [2.45, 2.75) is 13.5 Å². The Morgan fingerprint density at radius 1 is 1.03 bits per heavy atom. The molecule has 1 aliphatic heterocycles. The molecule has 1 saturated heterocycles. The van der Waals surface area contributed by atoms with Crippen molar-refractivity contribution in [3.8, 4) is 0 Å². The zero-order valence-corrected chi connectivity index (χ0v) is 16.0. The number of H-pyrrole nitrogens is 1. The number of piperazine rings is 1. The number of nitrogens with one attached hydrogen (secondary N) is 1. The number of aromatic nitrogens is 2. The highest BCUT2D eigenvalue weighted by Gasteiger charge is 2.23. The van der Waals surface area contributed by atoms with Crippen LogP contribution in [0.15, 0.2) is 52.1 Å². The molecule has 1 amide bonds. The van der Waals surface area contributed by atoms with Gasteiger partial charge in [0, 0.05) is 44.0 Å². The number of aromatic amines is 1. The third-order valence-corrected chi connectivity index (χ3v) is 5.30. The van der Waals surface area contributed by atoms with Crippen LogP contribution in [0.25, 0.3) is 10.9 Å². The number of carbonyl (C=O) groups excluding carboxylic acids is 1. The molecule has 0 saturated carbocycles. The second-order valence-electron chi connectivity index (χ2n) is 7.00. The Balaban J connectivity index is 1.53. The van der Waals surface area contributed by atoms with Crippen molar-refractivity contribution in [3.05, 3.63) is 74.7 Å². The molecule has 8 heteroatoms. The Hall–Kier alpha value is -3.42. The van der Waals surface area contributed by atoms with E-state index in [2.05, 4.69) is 9.88 Å². The lowest BCUT2D eigenvalue weighted by Crippen LogP contribution is -2.48. The second-order valence-corrected chi connectivity index (χ2v) is 7.00. The molecule has 0 atom stereocenters. The minimum absolute atomic E-state index is 0.147. The van der Waals surface area contributed by atoms with Gasteiger partial charge in [0.1, 0.15) is 5.82 Å². The summed E-state index contributed by atoms with van der Waals surface area (Å²) < 4.78 is 14.2. The number of hydrogen-bond acceptors (Lipinski definition) is 4. The molecule has 150 valence electrons. The fourth-order valence-electron chi connectivity index (χ4n) is 3.68. The number of fused-ring (bicyclic) bond motifs is 1. The average Bonchev–Trinajstić information content (AvgIpc) is 2.74. The lowest BCUT2D eigenvalue weighted by Gasteiger charge is -2.36. The van der Waals surface area contributed by atoms with E-state index in [1.54, 1.807) is 42.2 Å². The number of anilines is 1. The topological polar surface area (TPSA) is 78.4 Å². The van der Waals surface area contributed by atoms with E-state index in [1.165, 1.54) is 12.1 Å². The minimum atomic E-state index is -0.484. The number of amides is 1. The Morgan fingerprint density at radius 2 is 1.72 bits per heavy atom. The van der Waals surface area contributed by atoms with Crippen LogP contribution < -0.4 is 16.1 Å². The fourth-order valence-corrected chi connectivity index (χ4v) is 3.68. The average molecular weight is 396 g/mol. The molecule has 0 spiro atoms. The third-order valence-electron chi connectivity index (χ3n) is 5.30. The van der Waals surface area contributed by atoms with E-state index in [1.807, 2.05) is 0 Å². The first-order valence-electron chi connectivity index (χ1n) is 9.54. The summed E-state index contributed by atoms with van der Waals surface area (Å²) in [5.41, 5.74) is 0.868. The van der Waals surface area contributed by atoms with Gasteiger partial charge in [-0.25, -0.2) is 9.18 Å². The van der Waals surface area contributed by atoms with Gasteiger partial charge in [-0.1, -0.05) is 0 Å². The number of benzene rings is 2. The molecule has 0 radical (unpaired) electrons. The van der Waals surface area contributed by atoms with Gasteiger partial charge in [0.15, 0.2) is 0 Å². The lowest BCUT2D eigenvalue weighted by molar-refractivity contribution is 0.0747. The van der Waals surface area contributed by atoms with Gasteiger partial charge in [0.2, 0.25) is 0 Å². The molecule has 29 heavy (non-hydrogen) atoms. The van der Waals surface area contributed by atoms with Crippen LogP contribution in [0, 0.1) is 5.82 Å². The lowest BCUT2D eigenvalue weighted by atomic mass is 10.1. The van der Waals surface area contributed by atoms with Crippen molar-refractivity contribution in [1.29, 1.82) is 0 Å². The van der Waals surface area contributed by atoms with Gasteiger partial charge in [-0.15, -0.1) is 0 Å². The fraction of sp³-hybridized carbons (Fsp3) is 0.286. The normalized spacial score (nSPS) is 14.4. The highest BCUT2D eigenvalue weighted by molar-refractivity contribution is 5.97. The quantitative estimate of drug-likeness (QED) is 0.733. The maximum atomic E-state index is 13.1. The number of carbonyl (C=O) groups is 1. The molecule has 2 aromatic carbocycles. The molecular weight excluding hydrogens is 375 g/mol. The molecule has 0 bridgehead atoms. The number of halogens is 1. The number of rotatable bonds is 3. The van der Waals surface area contributed by atoms with Crippen LogP contribution in [-0.4, -0.2) is 46.5 Å². The predicted molar refractivity (Wildman–Crippen MR) is 109 cm³/mol. The van der Waals surface area contributed by atoms with Gasteiger partial charge in [-0.2, -0.15) is 0 Å². The van der Waals surface area contributed by atoms with Crippen molar-refractivity contribution in [2.24, 2.45) is 0 Å². The van der Waals surface area contributed by atoms with E-state index in [9.17, 15) is 18.8 Å². The Bertz CT molecular complexity index is 1180. The molecule has 1 aliphatic rings. The van der Waals surface area contributed by atoms with Crippen LogP contribution in [0.3, 0.4) is 0 Å². The molecule has 4 rings (SSSR count). The van der Waals surface area contributed by atoms with Crippen LogP contribution >= 0.6 is 0 Å². The van der Waals surface area contributed by atoms with Crippen LogP contribution in [0.5, 0.6) is 0 Å². The van der Waals surface area contributed by atoms with E-state index in [-0.39, 0.29) is 23.8 Å². The summed E-state index contributed by atoms with van der Waals surface area (Å²) in [6.45, 7) is 4.35. The van der Waals surface area contributed by atoms with Gasteiger partial charge < -0.3 is 14.8 Å². The zero-order valence-electron chi connectivity index (χ0n) is 16.0. The summed E-state index contributed by atoms with van der Waals surface area (Å²) in [4.78, 5) is 43.9. The Morgan fingerprint density at radius 3 is 2.38 bits per heavy atom. The third kappa shape index (κ3) is 3.53. The summed E-state index contributed by atoms with van der Waals surface area (Å²) in [5, 5.41) is 0.379. The van der Waals surface area contributed by atoms with E-state index in [0.717, 1.165) is 10.3 Å². The van der Waals surface area contributed by atoms with Crippen LogP contribution in [0.4, 0.5) is 10.1 Å². The summed E-state index contributed by atoms with van der Waals surface area (Å²) in [6.07, 6.45) is 0. The Labute approximate surface area is 166 Å². The standard InChI is InChI=1S/C21H21FN4O3/c1-2-26-20(28)17-8-3-14(13-18(17)23-21(26)29)19(27)25-11-9-24(10-12-25)16-6-4-15(22)5-7-16/h3-8,13H,2,9-12H2,1H3,(H,23,29). The summed E-state index contributed by atoms with van der Waals surface area (Å²) >= 11 is 0. The van der Waals surface area contributed by atoms with E-state index >= 15 is 0 Å². The van der Waals surface area contributed by atoms with Crippen LogP contribution in [-0.2, 0) is 6.54 Å². The van der Waals surface area contributed by atoms with Gasteiger partial charge in [0.25, 0.3) is 11.5 Å². The first kappa shape index (κ1) is 18.9. The molecule has 1 fully saturated rings. The smallest absolute Gasteiger partial charge is 0.328 e. The first-order chi connectivity index (χ1) is 14.0. The predicted octanol–water partition coefficient (Wildman–Crippen LogP) is 1.81. The van der Waals surface area contributed by atoms with Gasteiger partial charge in [-0.3, -0.25) is 14.2 Å². The maximum absolute atomic E-state index is 13.1. The zero-order chi connectivity index (χ0) is 20.5. The highest BCUT2D eigenvalue weighted by atomic mass is 19.1. The van der Waals surface area contributed by atoms with Crippen LogP contribution in [0.2, 0.25) is 0 Å². The molecular formula is C21H21FN4O3. The summed E-state index contributed by atoms with van der Waals surface area (Å²) in [5.74, 6) is -0.422. The largest absolute Gasteiger partial charge is 0.368 e. The maximum Gasteiger partial charge on any atom is 0.328 e. The molecule has 0 aliphatic carbocycles. The van der Waals surface area contributed by atoms with E-state index in [0.29, 0.717) is 42.6 Å². The van der Waals surface area contributed by atoms with Crippen molar-refractivity contribution >= 4 is 22.5 Å². The van der Waals surface area contributed by atoms with Gasteiger partial charge in [-0.05, 0) is 49.4 Å². The summed E-state index contributed by atoms with van der Waals surface area (Å²) in [7, 11) is 0. The molecule has 7 nitrogen and oxygen atoms in total. The van der Waals surface area contributed by atoms with Crippen molar-refractivity contribution in [2.75, 3.05) is 31.1 Å². The summed E-state index contributed by atoms with van der Waals surface area (Å²) in [6, 6.07) is 11.1. The van der Waals surface area contributed by atoms with Crippen molar-refractivity contribution < 1.29 is 9.18 Å². The second kappa shape index (κ2) is 7.54. The highest BCUT2D eigenvalue weighted by Crippen LogP contribution is 2.18. The molecule has 3 aromatic rings. The van der Waals surface area contributed by atoms with Crippen LogP contribution in [0.1, 0.15) is 17.3 Å². The SMILES string of the molecule is CCn1c(=O)[nH]c2cc(C(=O)N3CCN(c4ccc(F)cc4)CC3)ccc2c1=O. The molecule has 1 aromatic heterocycles. The Kier molecular flexibility index (Phi) is 4.92. The van der Waals surface area contributed by atoms with Crippen molar-refractivity contribution in [3.63, 3.8) is 0 Å². The van der Waals surface area contributed by atoms with Crippen molar-refractivity contribution in [1.82, 2.24) is 14.5 Å². The number of hydrogen-bond donors (Lipinski definition) is 1. The van der Waals surface area contributed by atoms with E-state index < -0.39 is 5.69 Å².